The zero-order chi connectivity index (χ0) is 16.8. The number of carbonyl (C=O) groups is 1. The van der Waals surface area contributed by atoms with Crippen LogP contribution in [0.1, 0.15) is 24.8 Å². The fourth-order valence-corrected chi connectivity index (χ4v) is 2.94. The molecule has 3 rings (SSSR count). The quantitative estimate of drug-likeness (QED) is 0.918. The lowest BCUT2D eigenvalue weighted by atomic mass is 9.96. The summed E-state index contributed by atoms with van der Waals surface area (Å²) < 4.78 is 5.36. The fourth-order valence-electron chi connectivity index (χ4n) is 2.94. The van der Waals surface area contributed by atoms with Crippen molar-refractivity contribution in [2.45, 2.75) is 19.3 Å². The monoisotopic (exact) mass is 325 g/mol. The molecule has 5 heteroatoms. The van der Waals surface area contributed by atoms with Crippen LogP contribution in [0.5, 0.6) is 0 Å². The molecule has 2 aromatic rings. The number of benzene rings is 1. The van der Waals surface area contributed by atoms with E-state index in [9.17, 15) is 4.79 Å². The van der Waals surface area contributed by atoms with Gasteiger partial charge >= 0.3 is 0 Å². The molecule has 2 heterocycles. The lowest BCUT2D eigenvalue weighted by Gasteiger charge is -2.28. The highest BCUT2D eigenvalue weighted by Crippen LogP contribution is 2.22. The Hall–Kier alpha value is -2.40. The molecule has 1 saturated heterocycles. The number of nitrogens with one attached hydrogen (secondary N) is 1. The van der Waals surface area contributed by atoms with Gasteiger partial charge in [0.2, 0.25) is 5.91 Å². The SMILES string of the molecule is CC[C@H](C(=O)Nc1ccc(N2CCOCC2)cn1)c1ccccc1. The smallest absolute Gasteiger partial charge is 0.233 e. The van der Waals surface area contributed by atoms with Crippen LogP contribution < -0.4 is 10.2 Å². The summed E-state index contributed by atoms with van der Waals surface area (Å²) in [6.07, 6.45) is 2.56. The van der Waals surface area contributed by atoms with E-state index in [2.05, 4.69) is 15.2 Å². The first-order chi connectivity index (χ1) is 11.8. The molecule has 1 fully saturated rings. The number of nitrogens with zero attached hydrogens (tertiary/aromatic N) is 2. The third-order valence-electron chi connectivity index (χ3n) is 4.30. The zero-order valence-corrected chi connectivity index (χ0v) is 13.9. The van der Waals surface area contributed by atoms with Gasteiger partial charge < -0.3 is 15.0 Å². The number of ether oxygens (including phenoxy) is 1. The van der Waals surface area contributed by atoms with Crippen LogP contribution in [0.25, 0.3) is 0 Å². The second-order valence-corrected chi connectivity index (χ2v) is 5.86. The number of anilines is 2. The molecule has 1 atom stereocenters. The minimum atomic E-state index is -0.160. The molecule has 0 bridgehead atoms. The number of pyridine rings is 1. The highest BCUT2D eigenvalue weighted by molar-refractivity contribution is 5.95. The molecule has 1 aliphatic heterocycles. The molecule has 5 nitrogen and oxygen atoms in total. The minimum Gasteiger partial charge on any atom is -0.378 e. The number of amides is 1. The van der Waals surface area contributed by atoms with Crippen molar-refractivity contribution in [2.24, 2.45) is 0 Å². The van der Waals surface area contributed by atoms with Gasteiger partial charge in [0.25, 0.3) is 0 Å². The maximum absolute atomic E-state index is 12.6. The van der Waals surface area contributed by atoms with Crippen molar-refractivity contribution in [1.82, 2.24) is 4.98 Å². The normalized spacial score (nSPS) is 15.8. The van der Waals surface area contributed by atoms with Gasteiger partial charge in [0.15, 0.2) is 0 Å². The van der Waals surface area contributed by atoms with Crippen LogP contribution in [0.3, 0.4) is 0 Å². The van der Waals surface area contributed by atoms with Crippen LogP contribution in [0, 0.1) is 0 Å². The van der Waals surface area contributed by atoms with Crippen LogP contribution in [-0.2, 0) is 9.53 Å². The van der Waals surface area contributed by atoms with Gasteiger partial charge in [-0.25, -0.2) is 4.98 Å². The molecule has 1 aromatic carbocycles. The molecule has 0 radical (unpaired) electrons. The average Bonchev–Trinajstić information content (AvgIpc) is 2.64. The zero-order valence-electron chi connectivity index (χ0n) is 13.9. The summed E-state index contributed by atoms with van der Waals surface area (Å²) in [6, 6.07) is 13.7. The van der Waals surface area contributed by atoms with Gasteiger partial charge in [-0.15, -0.1) is 0 Å². The molecule has 0 spiro atoms. The summed E-state index contributed by atoms with van der Waals surface area (Å²) in [4.78, 5) is 19.2. The first-order valence-corrected chi connectivity index (χ1v) is 8.42. The van der Waals surface area contributed by atoms with Crippen molar-refractivity contribution in [2.75, 3.05) is 36.5 Å². The Balaban J connectivity index is 1.65. The van der Waals surface area contributed by atoms with Gasteiger partial charge in [-0.3, -0.25) is 4.79 Å². The van der Waals surface area contributed by atoms with Crippen LogP contribution in [0.4, 0.5) is 11.5 Å². The predicted octanol–water partition coefficient (Wildman–Crippen LogP) is 3.05. The second kappa shape index (κ2) is 7.93. The molecule has 1 aliphatic rings. The largest absolute Gasteiger partial charge is 0.378 e. The van der Waals surface area contributed by atoms with Gasteiger partial charge in [-0.2, -0.15) is 0 Å². The number of hydrogen-bond acceptors (Lipinski definition) is 4. The Morgan fingerprint density at radius 3 is 2.58 bits per heavy atom. The fraction of sp³-hybridized carbons (Fsp3) is 0.368. The molecule has 0 aliphatic carbocycles. The standard InChI is InChI=1S/C19H23N3O2/c1-2-17(15-6-4-3-5-7-15)19(23)21-18-9-8-16(14-20-18)22-10-12-24-13-11-22/h3-9,14,17H,2,10-13H2,1H3,(H,20,21,23)/t17-/m0/s1. The third kappa shape index (κ3) is 3.92. The summed E-state index contributed by atoms with van der Waals surface area (Å²) >= 11 is 0. The number of hydrogen-bond donors (Lipinski definition) is 1. The Morgan fingerprint density at radius 1 is 1.21 bits per heavy atom. The highest BCUT2D eigenvalue weighted by atomic mass is 16.5. The summed E-state index contributed by atoms with van der Waals surface area (Å²) in [5.74, 6) is 0.411. The Kier molecular flexibility index (Phi) is 5.43. The summed E-state index contributed by atoms with van der Waals surface area (Å²) in [5, 5.41) is 2.93. The minimum absolute atomic E-state index is 0.0182. The molecule has 1 amide bonds. The number of rotatable bonds is 5. The summed E-state index contributed by atoms with van der Waals surface area (Å²) in [6.45, 7) is 5.26. The van der Waals surface area contributed by atoms with E-state index in [0.717, 1.165) is 44.0 Å². The van der Waals surface area contributed by atoms with E-state index in [1.54, 1.807) is 0 Å². The van der Waals surface area contributed by atoms with Gasteiger partial charge in [0.1, 0.15) is 5.82 Å². The van der Waals surface area contributed by atoms with Crippen molar-refractivity contribution in [3.8, 4) is 0 Å². The number of aromatic nitrogens is 1. The highest BCUT2D eigenvalue weighted by Gasteiger charge is 2.19. The Bertz CT molecular complexity index is 652. The van der Waals surface area contributed by atoms with E-state index in [1.807, 2.05) is 55.6 Å². The summed E-state index contributed by atoms with van der Waals surface area (Å²) in [7, 11) is 0. The van der Waals surface area contributed by atoms with Gasteiger partial charge in [-0.05, 0) is 24.1 Å². The lowest BCUT2D eigenvalue weighted by Crippen LogP contribution is -2.36. The first-order valence-electron chi connectivity index (χ1n) is 8.42. The molecular formula is C19H23N3O2. The van der Waals surface area contributed by atoms with Crippen molar-refractivity contribution < 1.29 is 9.53 Å². The second-order valence-electron chi connectivity index (χ2n) is 5.86. The lowest BCUT2D eigenvalue weighted by molar-refractivity contribution is -0.117. The van der Waals surface area contributed by atoms with E-state index in [0.29, 0.717) is 5.82 Å². The van der Waals surface area contributed by atoms with E-state index in [-0.39, 0.29) is 11.8 Å². The topological polar surface area (TPSA) is 54.5 Å². The summed E-state index contributed by atoms with van der Waals surface area (Å²) in [5.41, 5.74) is 2.09. The molecule has 0 saturated carbocycles. The Labute approximate surface area is 142 Å². The van der Waals surface area contributed by atoms with E-state index >= 15 is 0 Å². The maximum atomic E-state index is 12.6. The maximum Gasteiger partial charge on any atom is 0.233 e. The van der Waals surface area contributed by atoms with Crippen LogP contribution in [-0.4, -0.2) is 37.2 Å². The van der Waals surface area contributed by atoms with Gasteiger partial charge in [0.05, 0.1) is 31.0 Å². The van der Waals surface area contributed by atoms with Crippen molar-refractivity contribution in [1.29, 1.82) is 0 Å². The van der Waals surface area contributed by atoms with Crippen LogP contribution in [0.15, 0.2) is 48.7 Å². The van der Waals surface area contributed by atoms with Crippen LogP contribution >= 0.6 is 0 Å². The van der Waals surface area contributed by atoms with E-state index < -0.39 is 0 Å². The molecule has 24 heavy (non-hydrogen) atoms. The molecule has 0 unspecified atom stereocenters. The number of morpholine rings is 1. The molecule has 1 aromatic heterocycles. The van der Waals surface area contributed by atoms with Crippen molar-refractivity contribution in [3.05, 3.63) is 54.2 Å². The molecule has 126 valence electrons. The number of carbonyl (C=O) groups excluding carboxylic acids is 1. The third-order valence-corrected chi connectivity index (χ3v) is 4.30. The van der Waals surface area contributed by atoms with Gasteiger partial charge in [-0.1, -0.05) is 37.3 Å². The van der Waals surface area contributed by atoms with Crippen molar-refractivity contribution in [3.63, 3.8) is 0 Å². The first kappa shape index (κ1) is 16.5. The van der Waals surface area contributed by atoms with Gasteiger partial charge in [0, 0.05) is 13.1 Å². The van der Waals surface area contributed by atoms with E-state index in [4.69, 9.17) is 4.74 Å². The Morgan fingerprint density at radius 2 is 1.96 bits per heavy atom. The molecular weight excluding hydrogens is 302 g/mol. The van der Waals surface area contributed by atoms with E-state index in [1.165, 1.54) is 0 Å². The molecule has 1 N–H and O–H groups in total. The van der Waals surface area contributed by atoms with Crippen molar-refractivity contribution >= 4 is 17.4 Å². The average molecular weight is 325 g/mol. The predicted molar refractivity (Wildman–Crippen MR) is 95.4 cm³/mol. The van der Waals surface area contributed by atoms with Crippen LogP contribution in [0.2, 0.25) is 0 Å².